The highest BCUT2D eigenvalue weighted by molar-refractivity contribution is 5.90. The molecule has 1 heterocycles. The Labute approximate surface area is 44.6 Å². The smallest absolute Gasteiger partial charge is 0.214 e. The normalized spacial score (nSPS) is 9.00. The monoisotopic (exact) mass is 112 g/mol. The van der Waals surface area contributed by atoms with Crippen LogP contribution in [0.3, 0.4) is 0 Å². The van der Waals surface area contributed by atoms with Crippen LogP contribution in [0.4, 0.5) is 0 Å². The van der Waals surface area contributed by atoms with Crippen molar-refractivity contribution >= 4 is 5.84 Å². The molecule has 0 saturated heterocycles. The highest BCUT2D eigenvalue weighted by Crippen LogP contribution is 1.75. The number of amidine groups is 1. The van der Waals surface area contributed by atoms with Gasteiger partial charge in [0.25, 0.3) is 0 Å². The highest BCUT2D eigenvalue weighted by atomic mass is 15.5. The number of hydrogen-bond donors (Lipinski definition) is 3. The van der Waals surface area contributed by atoms with Crippen molar-refractivity contribution in [1.29, 1.82) is 5.41 Å². The quantitative estimate of drug-likeness (QED) is 0.303. The summed E-state index contributed by atoms with van der Waals surface area (Å²) in [5, 5.41) is 18.8. The molecule has 4 N–H and O–H groups in total. The molecule has 0 aromatic carbocycles. The number of rotatable bonds is 1. The second-order valence-electron chi connectivity index (χ2n) is 1.16. The molecule has 0 unspecified atom stereocenters. The average Bonchev–Trinajstić information content (AvgIpc) is 2.12. The molecule has 8 heavy (non-hydrogen) atoms. The van der Waals surface area contributed by atoms with Crippen molar-refractivity contribution in [2.45, 2.75) is 0 Å². The predicted octanol–water partition coefficient (Wildman–Crippen LogP) is -1.52. The summed E-state index contributed by atoms with van der Waals surface area (Å²) in [6.45, 7) is 0. The molecule has 42 valence electrons. The predicted molar refractivity (Wildman–Crippen MR) is 25.2 cm³/mol. The number of hydrogen-bond acceptors (Lipinski definition) is 4. The van der Waals surface area contributed by atoms with Gasteiger partial charge in [-0.1, -0.05) is 0 Å². The molecule has 6 nitrogen and oxygen atoms in total. The van der Waals surface area contributed by atoms with Crippen LogP contribution in [-0.2, 0) is 0 Å². The maximum atomic E-state index is 6.76. The van der Waals surface area contributed by atoms with Gasteiger partial charge in [-0.3, -0.25) is 5.41 Å². The van der Waals surface area contributed by atoms with E-state index in [1.165, 1.54) is 0 Å². The van der Waals surface area contributed by atoms with E-state index in [9.17, 15) is 0 Å². The lowest BCUT2D eigenvalue weighted by molar-refractivity contribution is 0.881. The highest BCUT2D eigenvalue weighted by Gasteiger charge is 1.96. The first-order chi connectivity index (χ1) is 3.80. The van der Waals surface area contributed by atoms with Gasteiger partial charge in [-0.05, 0) is 10.4 Å². The van der Waals surface area contributed by atoms with Gasteiger partial charge in [-0.25, -0.2) is 5.10 Å². The van der Waals surface area contributed by atoms with Crippen molar-refractivity contribution in [2.75, 3.05) is 0 Å². The average molecular weight is 112 g/mol. The van der Waals surface area contributed by atoms with Crippen LogP contribution in [0.15, 0.2) is 0 Å². The van der Waals surface area contributed by atoms with E-state index in [-0.39, 0.29) is 11.7 Å². The number of H-pyrrole nitrogens is 1. The molecule has 0 atom stereocenters. The summed E-state index contributed by atoms with van der Waals surface area (Å²) in [4.78, 5) is 0. The van der Waals surface area contributed by atoms with Crippen LogP contribution in [0.25, 0.3) is 0 Å². The van der Waals surface area contributed by atoms with E-state index < -0.39 is 0 Å². The van der Waals surface area contributed by atoms with Crippen molar-refractivity contribution in [1.82, 2.24) is 20.6 Å². The van der Waals surface area contributed by atoms with Crippen LogP contribution in [0.1, 0.15) is 5.82 Å². The lowest BCUT2D eigenvalue weighted by atomic mass is 10.6. The number of nitrogen functional groups attached to an aromatic ring is 1. The molecule has 1 aromatic heterocycles. The Kier molecular flexibility index (Phi) is 0.918. The molecule has 0 bridgehead atoms. The molecule has 0 amide bonds. The minimum atomic E-state index is -0.157. The first-order valence-electron chi connectivity index (χ1n) is 1.89. The van der Waals surface area contributed by atoms with E-state index in [0.29, 0.717) is 0 Å². The van der Waals surface area contributed by atoms with Gasteiger partial charge in [-0.2, -0.15) is 0 Å². The Morgan fingerprint density at radius 2 is 2.50 bits per heavy atom. The van der Waals surface area contributed by atoms with Crippen molar-refractivity contribution in [3.05, 3.63) is 5.82 Å². The molecule has 0 saturated carbocycles. The van der Waals surface area contributed by atoms with E-state index in [4.69, 9.17) is 11.1 Å². The van der Waals surface area contributed by atoms with Crippen molar-refractivity contribution in [2.24, 2.45) is 5.73 Å². The third-order valence-corrected chi connectivity index (χ3v) is 0.600. The largest absolute Gasteiger partial charge is 0.381 e. The first kappa shape index (κ1) is 4.69. The standard InChI is InChI=1S/C2H4N6/c3-1(4)2-5-7-8-6-2/h(H3,3,4)(H,5,6,7,8). The molecule has 0 spiro atoms. The lowest BCUT2D eigenvalue weighted by Gasteiger charge is -1.81. The number of aromatic nitrogens is 4. The van der Waals surface area contributed by atoms with Crippen molar-refractivity contribution in [3.63, 3.8) is 0 Å². The zero-order chi connectivity index (χ0) is 5.98. The molecule has 0 aliphatic rings. The number of nitrogens with one attached hydrogen (secondary N) is 2. The van der Waals surface area contributed by atoms with E-state index in [0.717, 1.165) is 0 Å². The summed E-state index contributed by atoms with van der Waals surface area (Å²) >= 11 is 0. The van der Waals surface area contributed by atoms with E-state index in [1.54, 1.807) is 0 Å². The van der Waals surface area contributed by atoms with Crippen molar-refractivity contribution < 1.29 is 0 Å². The van der Waals surface area contributed by atoms with Gasteiger partial charge < -0.3 is 5.73 Å². The summed E-state index contributed by atoms with van der Waals surface area (Å²) in [5.74, 6) is 0.0417. The molecule has 0 aliphatic carbocycles. The Balaban J connectivity index is 2.93. The van der Waals surface area contributed by atoms with Gasteiger partial charge in [0.05, 0.1) is 0 Å². The Morgan fingerprint density at radius 3 is 2.75 bits per heavy atom. The minimum absolute atomic E-state index is 0.157. The summed E-state index contributed by atoms with van der Waals surface area (Å²) in [7, 11) is 0. The first-order valence-corrected chi connectivity index (χ1v) is 1.89. The summed E-state index contributed by atoms with van der Waals surface area (Å²) < 4.78 is 0. The molecule has 0 fully saturated rings. The lowest BCUT2D eigenvalue weighted by Crippen LogP contribution is -2.12. The van der Waals surface area contributed by atoms with Gasteiger partial charge >= 0.3 is 0 Å². The van der Waals surface area contributed by atoms with E-state index in [1.807, 2.05) is 0 Å². The Morgan fingerprint density at radius 1 is 1.75 bits per heavy atom. The number of nitrogens with two attached hydrogens (primary N) is 1. The summed E-state index contributed by atoms with van der Waals surface area (Å²) in [5.41, 5.74) is 4.97. The van der Waals surface area contributed by atoms with Gasteiger partial charge in [0.15, 0.2) is 5.84 Å². The van der Waals surface area contributed by atoms with Crippen LogP contribution >= 0.6 is 0 Å². The SMILES string of the molecule is N=C(N)c1nnn[nH]1. The fourth-order valence-electron chi connectivity index (χ4n) is 0.273. The zero-order valence-electron chi connectivity index (χ0n) is 3.92. The van der Waals surface area contributed by atoms with Gasteiger partial charge in [-0.15, -0.1) is 5.10 Å². The summed E-state index contributed by atoms with van der Waals surface area (Å²) in [6.07, 6.45) is 0. The fraction of sp³-hybridized carbons (Fsp3) is 0. The maximum absolute atomic E-state index is 6.76. The van der Waals surface area contributed by atoms with Crippen LogP contribution < -0.4 is 5.73 Å². The fourth-order valence-corrected chi connectivity index (χ4v) is 0.273. The van der Waals surface area contributed by atoms with E-state index in [2.05, 4.69) is 20.6 Å². The van der Waals surface area contributed by atoms with E-state index >= 15 is 0 Å². The van der Waals surface area contributed by atoms with Crippen LogP contribution in [0.2, 0.25) is 0 Å². The van der Waals surface area contributed by atoms with Crippen LogP contribution in [0, 0.1) is 5.41 Å². The number of nitrogens with zero attached hydrogens (tertiary/aromatic N) is 3. The molecular formula is C2H4N6. The van der Waals surface area contributed by atoms with Gasteiger partial charge in [0, 0.05) is 0 Å². The van der Waals surface area contributed by atoms with Crippen LogP contribution in [0.5, 0.6) is 0 Å². The Hall–Kier alpha value is -1.46. The van der Waals surface area contributed by atoms with Crippen LogP contribution in [-0.4, -0.2) is 26.5 Å². The third kappa shape index (κ3) is 0.625. The molecule has 1 rings (SSSR count). The molecule has 1 aromatic rings. The topological polar surface area (TPSA) is 104 Å². The minimum Gasteiger partial charge on any atom is -0.381 e. The number of tetrazole rings is 1. The van der Waals surface area contributed by atoms with Crippen molar-refractivity contribution in [3.8, 4) is 0 Å². The summed E-state index contributed by atoms with van der Waals surface area (Å²) in [6, 6.07) is 0. The molecule has 6 heteroatoms. The second kappa shape index (κ2) is 1.57. The number of aromatic amines is 1. The Bertz CT molecular complexity index is 174. The third-order valence-electron chi connectivity index (χ3n) is 0.600. The molecule has 0 aliphatic heterocycles. The zero-order valence-corrected chi connectivity index (χ0v) is 3.92. The van der Waals surface area contributed by atoms with Gasteiger partial charge in [0.2, 0.25) is 5.82 Å². The second-order valence-corrected chi connectivity index (χ2v) is 1.16. The molecular weight excluding hydrogens is 108 g/mol. The molecule has 0 radical (unpaired) electrons. The van der Waals surface area contributed by atoms with Gasteiger partial charge in [0.1, 0.15) is 0 Å². The maximum Gasteiger partial charge on any atom is 0.214 e.